The Balaban J connectivity index is 2.10. The molecule has 1 aromatic heterocycles. The smallest absolute Gasteiger partial charge is 0.418 e. The number of aliphatic carboxylic acids is 1. The summed E-state index contributed by atoms with van der Waals surface area (Å²) in [6, 6.07) is 0. The fourth-order valence-electron chi connectivity index (χ4n) is 2.10. The van der Waals surface area contributed by atoms with Crippen molar-refractivity contribution in [3.8, 4) is 0 Å². The maximum Gasteiger partial charge on any atom is 0.418 e. The predicted molar refractivity (Wildman–Crippen MR) is 64.6 cm³/mol. The Hall–Kier alpha value is -1.78. The topological polar surface area (TPSA) is 68.5 Å². The molecule has 98 valence electrons. The molecule has 0 unspecified atom stereocenters. The van der Waals surface area contributed by atoms with Crippen LogP contribution in [0.3, 0.4) is 0 Å². The third-order valence-corrected chi connectivity index (χ3v) is 2.89. The van der Waals surface area contributed by atoms with Crippen LogP contribution in [0.15, 0.2) is 12.4 Å². The fourth-order valence-corrected chi connectivity index (χ4v) is 2.10. The molecule has 0 aliphatic heterocycles. The van der Waals surface area contributed by atoms with E-state index in [2.05, 4.69) is 0 Å². The largest absolute Gasteiger partial charge is 0.481 e. The first-order valence-corrected chi connectivity index (χ1v) is 5.92. The highest BCUT2D eigenvalue weighted by Gasteiger charge is 2.29. The maximum absolute atomic E-state index is 11.8. The summed E-state index contributed by atoms with van der Waals surface area (Å²) < 4.78 is 6.64. The summed E-state index contributed by atoms with van der Waals surface area (Å²) in [5, 5.41) is 8.94. The molecule has 2 rings (SSSR count). The van der Waals surface area contributed by atoms with Gasteiger partial charge in [-0.15, -0.1) is 0 Å². The molecule has 1 N–H and O–H groups in total. The number of ether oxygens (including phenoxy) is 1. The van der Waals surface area contributed by atoms with Crippen LogP contribution in [0.25, 0.3) is 0 Å². The van der Waals surface area contributed by atoms with Gasteiger partial charge in [0.25, 0.3) is 0 Å². The highest BCUT2D eigenvalue weighted by molar-refractivity contribution is 5.74. The van der Waals surface area contributed by atoms with E-state index in [9.17, 15) is 9.59 Å². The zero-order valence-electron chi connectivity index (χ0n) is 10.8. The van der Waals surface area contributed by atoms with E-state index in [-0.39, 0.29) is 5.92 Å². The van der Waals surface area contributed by atoms with Crippen molar-refractivity contribution in [2.24, 2.45) is 5.92 Å². The SMILES string of the molecule is CC(C)(C)OC(=O)n1cc2c(c1)CC(C(=O)O)C2. The Kier molecular flexibility index (Phi) is 2.92. The van der Waals surface area contributed by atoms with Crippen molar-refractivity contribution in [2.75, 3.05) is 0 Å². The molecule has 0 saturated carbocycles. The van der Waals surface area contributed by atoms with Gasteiger partial charge in [-0.25, -0.2) is 4.79 Å². The van der Waals surface area contributed by atoms with Gasteiger partial charge in [-0.2, -0.15) is 0 Å². The molecular weight excluding hydrogens is 234 g/mol. The average Bonchev–Trinajstić information content (AvgIpc) is 2.69. The molecule has 5 nitrogen and oxygen atoms in total. The van der Waals surface area contributed by atoms with Gasteiger partial charge >= 0.3 is 12.1 Å². The van der Waals surface area contributed by atoms with E-state index in [0.29, 0.717) is 12.8 Å². The molecule has 0 fully saturated rings. The van der Waals surface area contributed by atoms with E-state index in [1.54, 1.807) is 12.4 Å². The summed E-state index contributed by atoms with van der Waals surface area (Å²) in [5.41, 5.74) is 1.32. The molecule has 5 heteroatoms. The highest BCUT2D eigenvalue weighted by Crippen LogP contribution is 2.28. The number of hydrogen-bond acceptors (Lipinski definition) is 3. The van der Waals surface area contributed by atoms with Gasteiger partial charge in [0.05, 0.1) is 5.92 Å². The van der Waals surface area contributed by atoms with Gasteiger partial charge in [0.1, 0.15) is 5.60 Å². The second-order valence-electron chi connectivity index (χ2n) is 5.64. The minimum Gasteiger partial charge on any atom is -0.481 e. The maximum atomic E-state index is 11.8. The first-order chi connectivity index (χ1) is 8.26. The summed E-state index contributed by atoms with van der Waals surface area (Å²) >= 11 is 0. The second kappa shape index (κ2) is 4.15. The number of aromatic nitrogens is 1. The van der Waals surface area contributed by atoms with Crippen molar-refractivity contribution >= 4 is 12.1 Å². The summed E-state index contributed by atoms with van der Waals surface area (Å²) in [6.45, 7) is 5.42. The van der Waals surface area contributed by atoms with E-state index in [0.717, 1.165) is 11.1 Å². The number of carboxylic acid groups (broad SMARTS) is 1. The number of carbonyl (C=O) groups excluding carboxylic acids is 1. The van der Waals surface area contributed by atoms with Crippen LogP contribution in [-0.2, 0) is 22.4 Å². The number of hydrogen-bond donors (Lipinski definition) is 1. The van der Waals surface area contributed by atoms with E-state index in [1.165, 1.54) is 4.57 Å². The van der Waals surface area contributed by atoms with Crippen molar-refractivity contribution in [1.29, 1.82) is 0 Å². The Morgan fingerprint density at radius 1 is 1.28 bits per heavy atom. The minimum atomic E-state index is -0.782. The van der Waals surface area contributed by atoms with Crippen molar-refractivity contribution in [3.63, 3.8) is 0 Å². The lowest BCUT2D eigenvalue weighted by atomic mass is 10.1. The Morgan fingerprint density at radius 2 is 1.78 bits per heavy atom. The summed E-state index contributed by atoms with van der Waals surface area (Å²) in [5.74, 6) is -1.14. The van der Waals surface area contributed by atoms with Crippen LogP contribution in [0, 0.1) is 5.92 Å². The van der Waals surface area contributed by atoms with Crippen LogP contribution in [-0.4, -0.2) is 27.3 Å². The fraction of sp³-hybridized carbons (Fsp3) is 0.538. The monoisotopic (exact) mass is 251 g/mol. The molecule has 0 saturated heterocycles. The van der Waals surface area contributed by atoms with Crippen LogP contribution in [0.5, 0.6) is 0 Å². The summed E-state index contributed by atoms with van der Waals surface area (Å²) in [4.78, 5) is 22.7. The highest BCUT2D eigenvalue weighted by atomic mass is 16.6. The lowest BCUT2D eigenvalue weighted by Gasteiger charge is -2.19. The average molecular weight is 251 g/mol. The van der Waals surface area contributed by atoms with Gasteiger partial charge in [0, 0.05) is 12.4 Å². The molecule has 1 heterocycles. The predicted octanol–water partition coefficient (Wildman–Crippen LogP) is 2.07. The number of rotatable bonds is 1. The molecule has 1 aliphatic rings. The van der Waals surface area contributed by atoms with Crippen LogP contribution in [0.1, 0.15) is 31.9 Å². The van der Waals surface area contributed by atoms with Crippen LogP contribution < -0.4 is 0 Å². The molecule has 0 bridgehead atoms. The molecule has 18 heavy (non-hydrogen) atoms. The number of carbonyl (C=O) groups is 2. The quantitative estimate of drug-likeness (QED) is 0.829. The second-order valence-corrected chi connectivity index (χ2v) is 5.64. The number of carboxylic acids is 1. The van der Waals surface area contributed by atoms with E-state index >= 15 is 0 Å². The van der Waals surface area contributed by atoms with E-state index < -0.39 is 17.7 Å². The van der Waals surface area contributed by atoms with Crippen LogP contribution in [0.2, 0.25) is 0 Å². The van der Waals surface area contributed by atoms with Gasteiger partial charge in [-0.1, -0.05) is 0 Å². The van der Waals surface area contributed by atoms with Gasteiger partial charge in [-0.05, 0) is 44.7 Å². The van der Waals surface area contributed by atoms with E-state index in [4.69, 9.17) is 9.84 Å². The first kappa shape index (κ1) is 12.7. The van der Waals surface area contributed by atoms with Crippen molar-refractivity contribution in [1.82, 2.24) is 4.57 Å². The van der Waals surface area contributed by atoms with Crippen LogP contribution in [0.4, 0.5) is 4.79 Å². The lowest BCUT2D eigenvalue weighted by molar-refractivity contribution is -0.141. The first-order valence-electron chi connectivity index (χ1n) is 5.92. The number of fused-ring (bicyclic) bond motifs is 1. The standard InChI is InChI=1S/C13H17NO4/c1-13(2,3)18-12(17)14-6-9-4-8(11(15)16)5-10(9)7-14/h6-8H,4-5H2,1-3H3,(H,15,16). The molecule has 0 radical (unpaired) electrons. The van der Waals surface area contributed by atoms with Gasteiger partial charge in [-0.3, -0.25) is 9.36 Å². The normalized spacial score (nSPS) is 15.5. The van der Waals surface area contributed by atoms with Crippen molar-refractivity contribution in [3.05, 3.63) is 23.5 Å². The third kappa shape index (κ3) is 2.55. The molecule has 0 aromatic carbocycles. The summed E-state index contributed by atoms with van der Waals surface area (Å²) in [7, 11) is 0. The molecule has 1 aromatic rings. The van der Waals surface area contributed by atoms with Gasteiger partial charge in [0.2, 0.25) is 0 Å². The zero-order chi connectivity index (χ0) is 13.5. The molecule has 1 aliphatic carbocycles. The number of nitrogens with zero attached hydrogens (tertiary/aromatic N) is 1. The van der Waals surface area contributed by atoms with Crippen LogP contribution >= 0.6 is 0 Å². The zero-order valence-corrected chi connectivity index (χ0v) is 10.8. The Morgan fingerprint density at radius 3 is 2.17 bits per heavy atom. The van der Waals surface area contributed by atoms with Crippen molar-refractivity contribution < 1.29 is 19.4 Å². The molecule has 0 atom stereocenters. The Bertz CT molecular complexity index is 472. The van der Waals surface area contributed by atoms with Gasteiger partial charge in [0.15, 0.2) is 0 Å². The Labute approximate surface area is 105 Å². The minimum absolute atomic E-state index is 0.358. The van der Waals surface area contributed by atoms with E-state index in [1.807, 2.05) is 20.8 Å². The lowest BCUT2D eigenvalue weighted by Crippen LogP contribution is -2.26. The van der Waals surface area contributed by atoms with Gasteiger partial charge < -0.3 is 9.84 Å². The third-order valence-electron chi connectivity index (χ3n) is 2.89. The summed E-state index contributed by atoms with van der Waals surface area (Å²) in [6.07, 6.45) is 3.89. The molecule has 0 spiro atoms. The van der Waals surface area contributed by atoms with Crippen molar-refractivity contribution in [2.45, 2.75) is 39.2 Å². The molecule has 0 amide bonds. The molecular formula is C13H17NO4.